The van der Waals surface area contributed by atoms with Crippen molar-refractivity contribution in [3.05, 3.63) is 24.4 Å². The van der Waals surface area contributed by atoms with E-state index in [9.17, 15) is 4.79 Å². The van der Waals surface area contributed by atoms with Gasteiger partial charge < -0.3 is 20.3 Å². The van der Waals surface area contributed by atoms with Crippen LogP contribution < -0.4 is 15.4 Å². The molecular formula is C16H25N5O2. The molecular weight excluding hydrogens is 294 g/mol. The van der Waals surface area contributed by atoms with Crippen molar-refractivity contribution in [2.75, 3.05) is 26.7 Å². The van der Waals surface area contributed by atoms with Crippen LogP contribution in [-0.4, -0.2) is 60.6 Å². The Morgan fingerprint density at radius 2 is 2.35 bits per heavy atom. The van der Waals surface area contributed by atoms with Gasteiger partial charge in [0.1, 0.15) is 6.10 Å². The molecule has 0 aliphatic carbocycles. The number of nitrogens with zero attached hydrogens (tertiary/aromatic N) is 3. The molecule has 1 unspecified atom stereocenters. The number of rotatable bonds is 5. The zero-order chi connectivity index (χ0) is 16.7. The van der Waals surface area contributed by atoms with Gasteiger partial charge in [-0.25, -0.2) is 4.98 Å². The van der Waals surface area contributed by atoms with E-state index in [1.165, 1.54) is 0 Å². The highest BCUT2D eigenvalue weighted by atomic mass is 16.5. The third-order valence-electron chi connectivity index (χ3n) is 3.44. The molecule has 1 atom stereocenters. The van der Waals surface area contributed by atoms with Crippen LogP contribution in [0, 0.1) is 0 Å². The predicted octanol–water partition coefficient (Wildman–Crippen LogP) is 0.635. The number of hydrogen-bond donors (Lipinski definition) is 2. The van der Waals surface area contributed by atoms with Gasteiger partial charge in [0.05, 0.1) is 13.1 Å². The summed E-state index contributed by atoms with van der Waals surface area (Å²) in [5, 5.41) is 5.94. The van der Waals surface area contributed by atoms with Crippen molar-refractivity contribution in [3.8, 4) is 5.88 Å². The molecule has 1 aromatic heterocycles. The first-order valence-corrected chi connectivity index (χ1v) is 7.91. The number of guanidine groups is 1. The van der Waals surface area contributed by atoms with E-state index in [0.717, 1.165) is 25.5 Å². The second kappa shape index (κ2) is 8.36. The lowest BCUT2D eigenvalue weighted by Gasteiger charge is -2.21. The maximum Gasteiger partial charge on any atom is 0.239 e. The molecule has 1 aliphatic heterocycles. The summed E-state index contributed by atoms with van der Waals surface area (Å²) in [5.74, 6) is 1.32. The molecule has 126 valence electrons. The summed E-state index contributed by atoms with van der Waals surface area (Å²) in [5.41, 5.74) is 0. The number of amides is 1. The Bertz CT molecular complexity index is 533. The molecule has 1 aromatic rings. The Hall–Kier alpha value is -2.31. The SMILES string of the molecule is CN=C(NCC(=O)NC(C)C)N1CCC(Oc2ccccn2)C1. The van der Waals surface area contributed by atoms with Gasteiger partial charge in [-0.3, -0.25) is 9.79 Å². The van der Waals surface area contributed by atoms with Crippen LogP contribution in [0.1, 0.15) is 20.3 Å². The van der Waals surface area contributed by atoms with Crippen molar-refractivity contribution in [3.63, 3.8) is 0 Å². The van der Waals surface area contributed by atoms with Crippen molar-refractivity contribution in [2.45, 2.75) is 32.4 Å². The highest BCUT2D eigenvalue weighted by molar-refractivity contribution is 5.86. The van der Waals surface area contributed by atoms with Crippen molar-refractivity contribution >= 4 is 11.9 Å². The number of ether oxygens (including phenoxy) is 1. The molecule has 1 saturated heterocycles. The molecule has 2 N–H and O–H groups in total. The van der Waals surface area contributed by atoms with E-state index in [0.29, 0.717) is 5.88 Å². The fourth-order valence-electron chi connectivity index (χ4n) is 2.47. The third-order valence-corrected chi connectivity index (χ3v) is 3.44. The fourth-order valence-corrected chi connectivity index (χ4v) is 2.47. The van der Waals surface area contributed by atoms with E-state index in [4.69, 9.17) is 4.74 Å². The van der Waals surface area contributed by atoms with E-state index in [2.05, 4.69) is 25.5 Å². The summed E-state index contributed by atoms with van der Waals surface area (Å²) >= 11 is 0. The quantitative estimate of drug-likeness (QED) is 0.615. The standard InChI is InChI=1S/C16H25N5O2/c1-12(2)20-14(22)10-19-16(17-3)21-9-7-13(11-21)23-15-6-4-5-8-18-15/h4-6,8,12-13H,7,9-11H2,1-3H3,(H,17,19)(H,20,22). The molecule has 2 heterocycles. The Labute approximate surface area is 137 Å². The fraction of sp³-hybridized carbons (Fsp3) is 0.562. The summed E-state index contributed by atoms with van der Waals surface area (Å²) < 4.78 is 5.86. The smallest absolute Gasteiger partial charge is 0.239 e. The average molecular weight is 319 g/mol. The van der Waals surface area contributed by atoms with Crippen molar-refractivity contribution < 1.29 is 9.53 Å². The van der Waals surface area contributed by atoms with Crippen LogP contribution in [0.25, 0.3) is 0 Å². The molecule has 0 aromatic carbocycles. The molecule has 7 heteroatoms. The van der Waals surface area contributed by atoms with E-state index < -0.39 is 0 Å². The minimum Gasteiger partial charge on any atom is -0.472 e. The van der Waals surface area contributed by atoms with Gasteiger partial charge in [-0.05, 0) is 19.9 Å². The summed E-state index contributed by atoms with van der Waals surface area (Å²) in [6, 6.07) is 5.76. The lowest BCUT2D eigenvalue weighted by Crippen LogP contribution is -2.46. The van der Waals surface area contributed by atoms with Crippen molar-refractivity contribution in [1.29, 1.82) is 0 Å². The first-order valence-electron chi connectivity index (χ1n) is 7.91. The number of nitrogens with one attached hydrogen (secondary N) is 2. The number of pyridine rings is 1. The average Bonchev–Trinajstić information content (AvgIpc) is 2.96. The lowest BCUT2D eigenvalue weighted by atomic mass is 10.3. The molecule has 0 bridgehead atoms. The van der Waals surface area contributed by atoms with Crippen LogP contribution in [0.2, 0.25) is 0 Å². The van der Waals surface area contributed by atoms with E-state index in [1.54, 1.807) is 13.2 Å². The predicted molar refractivity (Wildman–Crippen MR) is 89.5 cm³/mol. The summed E-state index contributed by atoms with van der Waals surface area (Å²) in [4.78, 5) is 22.2. The lowest BCUT2D eigenvalue weighted by molar-refractivity contribution is -0.120. The molecule has 1 amide bonds. The number of aliphatic imine (C=N–C) groups is 1. The second-order valence-electron chi connectivity index (χ2n) is 5.77. The minimum absolute atomic E-state index is 0.0402. The Balaban J connectivity index is 1.80. The van der Waals surface area contributed by atoms with Gasteiger partial charge in [-0.15, -0.1) is 0 Å². The van der Waals surface area contributed by atoms with Gasteiger partial charge in [0.25, 0.3) is 0 Å². The van der Waals surface area contributed by atoms with E-state index in [-0.39, 0.29) is 24.6 Å². The van der Waals surface area contributed by atoms with Gasteiger partial charge in [-0.2, -0.15) is 0 Å². The van der Waals surface area contributed by atoms with Gasteiger partial charge >= 0.3 is 0 Å². The Morgan fingerprint density at radius 1 is 1.52 bits per heavy atom. The van der Waals surface area contributed by atoms with Crippen LogP contribution in [0.4, 0.5) is 0 Å². The summed E-state index contributed by atoms with van der Waals surface area (Å²) in [6.07, 6.45) is 2.69. The van der Waals surface area contributed by atoms with Gasteiger partial charge in [0, 0.05) is 38.3 Å². The highest BCUT2D eigenvalue weighted by Gasteiger charge is 2.26. The monoisotopic (exact) mass is 319 g/mol. The number of hydrogen-bond acceptors (Lipinski definition) is 4. The zero-order valence-corrected chi connectivity index (χ0v) is 14.0. The van der Waals surface area contributed by atoms with Crippen LogP contribution in [0.3, 0.4) is 0 Å². The minimum atomic E-state index is -0.0402. The zero-order valence-electron chi connectivity index (χ0n) is 14.0. The first-order chi connectivity index (χ1) is 11.1. The number of likely N-dealkylation sites (tertiary alicyclic amines) is 1. The molecule has 1 fully saturated rings. The second-order valence-corrected chi connectivity index (χ2v) is 5.77. The van der Waals surface area contributed by atoms with E-state index in [1.807, 2.05) is 32.0 Å². The number of aromatic nitrogens is 1. The Morgan fingerprint density at radius 3 is 3.00 bits per heavy atom. The molecule has 0 radical (unpaired) electrons. The number of carbonyl (C=O) groups is 1. The molecule has 2 rings (SSSR count). The van der Waals surface area contributed by atoms with E-state index >= 15 is 0 Å². The van der Waals surface area contributed by atoms with Crippen LogP contribution in [-0.2, 0) is 4.79 Å². The largest absolute Gasteiger partial charge is 0.472 e. The summed E-state index contributed by atoms with van der Waals surface area (Å²) in [7, 11) is 1.72. The van der Waals surface area contributed by atoms with Crippen LogP contribution in [0.15, 0.2) is 29.4 Å². The molecule has 0 spiro atoms. The maximum atomic E-state index is 11.7. The number of carbonyl (C=O) groups excluding carboxylic acids is 1. The highest BCUT2D eigenvalue weighted by Crippen LogP contribution is 2.16. The molecule has 7 nitrogen and oxygen atoms in total. The van der Waals surface area contributed by atoms with Gasteiger partial charge in [-0.1, -0.05) is 6.07 Å². The summed E-state index contributed by atoms with van der Waals surface area (Å²) in [6.45, 7) is 5.65. The normalized spacial score (nSPS) is 18.2. The third kappa shape index (κ3) is 5.43. The topological polar surface area (TPSA) is 78.9 Å². The van der Waals surface area contributed by atoms with Crippen LogP contribution in [0.5, 0.6) is 5.88 Å². The first kappa shape index (κ1) is 17.1. The molecule has 23 heavy (non-hydrogen) atoms. The van der Waals surface area contributed by atoms with Gasteiger partial charge in [0.2, 0.25) is 11.8 Å². The van der Waals surface area contributed by atoms with Crippen LogP contribution >= 0.6 is 0 Å². The van der Waals surface area contributed by atoms with Crippen molar-refractivity contribution in [2.24, 2.45) is 4.99 Å². The van der Waals surface area contributed by atoms with Gasteiger partial charge in [0.15, 0.2) is 5.96 Å². The Kier molecular flexibility index (Phi) is 6.19. The molecule has 1 aliphatic rings. The molecule has 0 saturated carbocycles. The maximum absolute atomic E-state index is 11.7. The van der Waals surface area contributed by atoms with Crippen molar-refractivity contribution in [1.82, 2.24) is 20.5 Å².